The average molecular weight is 226 g/mol. The summed E-state index contributed by atoms with van der Waals surface area (Å²) in [5, 5.41) is 6.10. The van der Waals surface area contributed by atoms with Crippen molar-refractivity contribution >= 4 is 5.91 Å². The molecule has 1 atom stereocenters. The minimum atomic E-state index is 0.0764. The van der Waals surface area contributed by atoms with Gasteiger partial charge in [-0.15, -0.1) is 0 Å². The van der Waals surface area contributed by atoms with Gasteiger partial charge in [-0.05, 0) is 31.7 Å². The van der Waals surface area contributed by atoms with Gasteiger partial charge >= 0.3 is 0 Å². The number of hydrogen-bond donors (Lipinski definition) is 2. The Morgan fingerprint density at radius 1 is 1.31 bits per heavy atom. The van der Waals surface area contributed by atoms with E-state index >= 15 is 0 Å². The van der Waals surface area contributed by atoms with Crippen LogP contribution in [0, 0.1) is 17.8 Å². The van der Waals surface area contributed by atoms with Gasteiger partial charge in [-0.3, -0.25) is 4.79 Å². The first-order chi connectivity index (χ1) is 7.63. The van der Waals surface area contributed by atoms with E-state index in [9.17, 15) is 4.79 Å². The highest BCUT2D eigenvalue weighted by molar-refractivity contribution is 5.78. The molecule has 0 aliphatic heterocycles. The molecule has 3 heteroatoms. The molecule has 16 heavy (non-hydrogen) atoms. The zero-order valence-corrected chi connectivity index (χ0v) is 10.9. The highest BCUT2D eigenvalue weighted by Crippen LogP contribution is 2.27. The SMILES string of the molecule is CNCC(C)C(=O)NCC1CCC(C)CC1. The van der Waals surface area contributed by atoms with E-state index in [-0.39, 0.29) is 11.8 Å². The molecule has 1 amide bonds. The molecule has 0 aromatic carbocycles. The molecule has 0 aromatic rings. The molecule has 0 spiro atoms. The molecular weight excluding hydrogens is 200 g/mol. The zero-order valence-electron chi connectivity index (χ0n) is 10.9. The van der Waals surface area contributed by atoms with E-state index in [1.165, 1.54) is 25.7 Å². The summed E-state index contributed by atoms with van der Waals surface area (Å²) in [6, 6.07) is 0. The molecule has 0 bridgehead atoms. The van der Waals surface area contributed by atoms with Crippen LogP contribution in [0.1, 0.15) is 39.5 Å². The third-order valence-electron chi connectivity index (χ3n) is 3.66. The van der Waals surface area contributed by atoms with E-state index in [1.807, 2.05) is 14.0 Å². The molecule has 2 N–H and O–H groups in total. The average Bonchev–Trinajstić information content (AvgIpc) is 2.28. The van der Waals surface area contributed by atoms with Crippen molar-refractivity contribution in [3.05, 3.63) is 0 Å². The van der Waals surface area contributed by atoms with Crippen molar-refractivity contribution in [1.82, 2.24) is 10.6 Å². The monoisotopic (exact) mass is 226 g/mol. The van der Waals surface area contributed by atoms with Crippen LogP contribution in [0.5, 0.6) is 0 Å². The Labute approximate surface area is 99.4 Å². The number of hydrogen-bond acceptors (Lipinski definition) is 2. The van der Waals surface area contributed by atoms with E-state index in [0.29, 0.717) is 5.92 Å². The molecule has 1 fully saturated rings. The van der Waals surface area contributed by atoms with Crippen molar-refractivity contribution in [2.45, 2.75) is 39.5 Å². The summed E-state index contributed by atoms with van der Waals surface area (Å²) in [5.41, 5.74) is 0. The molecule has 1 rings (SSSR count). The molecule has 1 aliphatic carbocycles. The standard InChI is InChI=1S/C13H26N2O/c1-10-4-6-12(7-5-10)9-15-13(16)11(2)8-14-3/h10-12,14H,4-9H2,1-3H3,(H,15,16). The predicted molar refractivity (Wildman–Crippen MR) is 67.2 cm³/mol. The van der Waals surface area contributed by atoms with Crippen LogP contribution in [0.25, 0.3) is 0 Å². The molecule has 0 heterocycles. The van der Waals surface area contributed by atoms with Gasteiger partial charge < -0.3 is 10.6 Å². The molecule has 0 saturated heterocycles. The lowest BCUT2D eigenvalue weighted by Crippen LogP contribution is -2.37. The van der Waals surface area contributed by atoms with Gasteiger partial charge in [-0.25, -0.2) is 0 Å². The molecule has 1 saturated carbocycles. The van der Waals surface area contributed by atoms with E-state index in [4.69, 9.17) is 0 Å². The molecule has 3 nitrogen and oxygen atoms in total. The van der Waals surface area contributed by atoms with E-state index in [0.717, 1.165) is 19.0 Å². The van der Waals surface area contributed by atoms with Crippen LogP contribution in [0.15, 0.2) is 0 Å². The third kappa shape index (κ3) is 4.52. The molecule has 1 unspecified atom stereocenters. The van der Waals surface area contributed by atoms with Gasteiger partial charge in [-0.2, -0.15) is 0 Å². The van der Waals surface area contributed by atoms with E-state index < -0.39 is 0 Å². The van der Waals surface area contributed by atoms with Crippen molar-refractivity contribution in [1.29, 1.82) is 0 Å². The summed E-state index contributed by atoms with van der Waals surface area (Å²) in [7, 11) is 1.88. The number of carbonyl (C=O) groups excluding carboxylic acids is 1. The Morgan fingerprint density at radius 2 is 1.94 bits per heavy atom. The highest BCUT2D eigenvalue weighted by atomic mass is 16.1. The Bertz CT molecular complexity index is 210. The summed E-state index contributed by atoms with van der Waals surface area (Å²) >= 11 is 0. The van der Waals surface area contributed by atoms with Crippen LogP contribution in [0.4, 0.5) is 0 Å². The molecule has 0 aromatic heterocycles. The van der Waals surface area contributed by atoms with Gasteiger partial charge in [0.25, 0.3) is 0 Å². The Morgan fingerprint density at radius 3 is 2.50 bits per heavy atom. The van der Waals surface area contributed by atoms with Gasteiger partial charge in [0.1, 0.15) is 0 Å². The van der Waals surface area contributed by atoms with Gasteiger partial charge in [0, 0.05) is 19.0 Å². The van der Waals surface area contributed by atoms with Crippen LogP contribution in [-0.4, -0.2) is 26.0 Å². The number of rotatable bonds is 5. The van der Waals surface area contributed by atoms with Gasteiger partial charge in [-0.1, -0.05) is 26.7 Å². The molecule has 0 radical (unpaired) electrons. The van der Waals surface area contributed by atoms with E-state index in [2.05, 4.69) is 17.6 Å². The highest BCUT2D eigenvalue weighted by Gasteiger charge is 2.19. The Balaban J connectivity index is 2.16. The largest absolute Gasteiger partial charge is 0.356 e. The summed E-state index contributed by atoms with van der Waals surface area (Å²) in [6.07, 6.45) is 5.21. The maximum absolute atomic E-state index is 11.7. The van der Waals surface area contributed by atoms with Crippen molar-refractivity contribution in [2.24, 2.45) is 17.8 Å². The Kier molecular flexibility index (Phi) is 5.81. The quantitative estimate of drug-likeness (QED) is 0.750. The fraction of sp³-hybridized carbons (Fsp3) is 0.923. The number of amides is 1. The van der Waals surface area contributed by atoms with Crippen molar-refractivity contribution in [3.8, 4) is 0 Å². The normalized spacial score (nSPS) is 27.4. The van der Waals surface area contributed by atoms with Crippen LogP contribution in [0.2, 0.25) is 0 Å². The van der Waals surface area contributed by atoms with Crippen LogP contribution in [-0.2, 0) is 4.79 Å². The number of nitrogens with one attached hydrogen (secondary N) is 2. The van der Waals surface area contributed by atoms with E-state index in [1.54, 1.807) is 0 Å². The smallest absolute Gasteiger partial charge is 0.224 e. The van der Waals surface area contributed by atoms with Crippen LogP contribution >= 0.6 is 0 Å². The molecule has 94 valence electrons. The van der Waals surface area contributed by atoms with Crippen molar-refractivity contribution < 1.29 is 4.79 Å². The predicted octanol–water partition coefficient (Wildman–Crippen LogP) is 1.78. The minimum absolute atomic E-state index is 0.0764. The summed E-state index contributed by atoms with van der Waals surface area (Å²) in [4.78, 5) is 11.7. The summed E-state index contributed by atoms with van der Waals surface area (Å²) in [6.45, 7) is 5.92. The number of carbonyl (C=O) groups is 1. The third-order valence-corrected chi connectivity index (χ3v) is 3.66. The second-order valence-corrected chi connectivity index (χ2v) is 5.33. The molecular formula is C13H26N2O. The second kappa shape index (κ2) is 6.89. The fourth-order valence-electron chi connectivity index (χ4n) is 2.35. The first-order valence-electron chi connectivity index (χ1n) is 6.55. The van der Waals surface area contributed by atoms with Gasteiger partial charge in [0.2, 0.25) is 5.91 Å². The lowest BCUT2D eigenvalue weighted by atomic mass is 9.83. The zero-order chi connectivity index (χ0) is 12.0. The topological polar surface area (TPSA) is 41.1 Å². The first-order valence-corrected chi connectivity index (χ1v) is 6.55. The minimum Gasteiger partial charge on any atom is -0.356 e. The van der Waals surface area contributed by atoms with Crippen LogP contribution < -0.4 is 10.6 Å². The fourth-order valence-corrected chi connectivity index (χ4v) is 2.35. The van der Waals surface area contributed by atoms with Crippen LogP contribution in [0.3, 0.4) is 0 Å². The van der Waals surface area contributed by atoms with Gasteiger partial charge in [0.05, 0.1) is 0 Å². The van der Waals surface area contributed by atoms with Crippen molar-refractivity contribution in [2.75, 3.05) is 20.1 Å². The lowest BCUT2D eigenvalue weighted by Gasteiger charge is -2.26. The summed E-state index contributed by atoms with van der Waals surface area (Å²) in [5.74, 6) is 1.86. The Hall–Kier alpha value is -0.570. The molecule has 1 aliphatic rings. The maximum atomic E-state index is 11.7. The lowest BCUT2D eigenvalue weighted by molar-refractivity contribution is -0.124. The van der Waals surface area contributed by atoms with Gasteiger partial charge in [0.15, 0.2) is 0 Å². The van der Waals surface area contributed by atoms with Crippen molar-refractivity contribution in [3.63, 3.8) is 0 Å². The second-order valence-electron chi connectivity index (χ2n) is 5.33. The first kappa shape index (κ1) is 13.5. The maximum Gasteiger partial charge on any atom is 0.224 e. The summed E-state index contributed by atoms with van der Waals surface area (Å²) < 4.78 is 0.